The second-order valence-corrected chi connectivity index (χ2v) is 13.6. The number of carbonyl (C=O) groups is 2. The summed E-state index contributed by atoms with van der Waals surface area (Å²) in [5, 5.41) is 3.65. The Morgan fingerprint density at radius 1 is 0.978 bits per heavy atom. The fourth-order valence-electron chi connectivity index (χ4n) is 5.59. The van der Waals surface area contributed by atoms with Crippen molar-refractivity contribution in [2.75, 3.05) is 24.1 Å². The predicted molar refractivity (Wildman–Crippen MR) is 170 cm³/mol. The zero-order valence-corrected chi connectivity index (χ0v) is 27.0. The van der Waals surface area contributed by atoms with Crippen molar-refractivity contribution < 1.29 is 31.9 Å². The molecule has 1 aliphatic carbocycles. The molecule has 2 amide bonds. The number of ether oxygens (including phenoxy) is 2. The minimum absolute atomic E-state index is 0.00120. The fraction of sp³-hybridized carbons (Fsp3) is 0.375. The lowest BCUT2D eigenvalue weighted by Gasteiger charge is -2.34. The third kappa shape index (κ3) is 7.48. The molecule has 2 aliphatic rings. The highest BCUT2D eigenvalue weighted by atomic mass is 35.5. The molecule has 3 aromatic carbocycles. The quantitative estimate of drug-likeness (QED) is 0.268. The van der Waals surface area contributed by atoms with Crippen LogP contribution in [-0.2, 0) is 26.2 Å². The van der Waals surface area contributed by atoms with Crippen LogP contribution in [0.5, 0.6) is 11.5 Å². The molecule has 0 radical (unpaired) electrons. The Morgan fingerprint density at radius 2 is 1.62 bits per heavy atom. The van der Waals surface area contributed by atoms with Crippen molar-refractivity contribution >= 4 is 50.7 Å². The molecule has 3 aromatic rings. The monoisotopic (exact) mass is 677 g/mol. The summed E-state index contributed by atoms with van der Waals surface area (Å²) in [5.41, 5.74) is 0.475. The van der Waals surface area contributed by atoms with Gasteiger partial charge in [0.1, 0.15) is 31.6 Å². The Bertz CT molecular complexity index is 1630. The van der Waals surface area contributed by atoms with E-state index in [2.05, 4.69) is 5.32 Å². The summed E-state index contributed by atoms with van der Waals surface area (Å²) in [7, 11) is -4.41. The van der Waals surface area contributed by atoms with Gasteiger partial charge in [-0.25, -0.2) is 12.8 Å². The van der Waals surface area contributed by atoms with Gasteiger partial charge < -0.3 is 19.7 Å². The van der Waals surface area contributed by atoms with E-state index in [-0.39, 0.29) is 47.9 Å². The van der Waals surface area contributed by atoms with E-state index in [9.17, 15) is 22.4 Å². The van der Waals surface area contributed by atoms with E-state index in [4.69, 9.17) is 32.7 Å². The predicted octanol–water partition coefficient (Wildman–Crippen LogP) is 5.97. The third-order valence-corrected chi connectivity index (χ3v) is 10.5. The first-order valence-corrected chi connectivity index (χ1v) is 17.0. The van der Waals surface area contributed by atoms with E-state index in [1.165, 1.54) is 35.2 Å². The highest BCUT2D eigenvalue weighted by molar-refractivity contribution is 7.92. The topological polar surface area (TPSA) is 105 Å². The Hall–Kier alpha value is -3.54. The molecule has 1 saturated carbocycles. The molecule has 0 aromatic heterocycles. The second kappa shape index (κ2) is 14.3. The van der Waals surface area contributed by atoms with Crippen LogP contribution in [0.1, 0.15) is 44.6 Å². The van der Waals surface area contributed by atoms with Crippen LogP contribution >= 0.6 is 23.2 Å². The maximum atomic E-state index is 14.3. The number of benzene rings is 3. The molecule has 1 N–H and O–H groups in total. The third-order valence-electron chi connectivity index (χ3n) is 7.97. The van der Waals surface area contributed by atoms with Crippen LogP contribution in [0.15, 0.2) is 65.6 Å². The van der Waals surface area contributed by atoms with Crippen LogP contribution in [0, 0.1) is 5.82 Å². The molecule has 1 unspecified atom stereocenters. The second-order valence-electron chi connectivity index (χ2n) is 10.9. The molecular formula is C32H34Cl2FN3O6S. The van der Waals surface area contributed by atoms with Crippen LogP contribution in [0.25, 0.3) is 0 Å². The SMILES string of the molecule is CCC(C(=O)NC1CCCC1)N(Cc1c(Cl)cccc1Cl)C(=O)CN(c1ccc(F)cc1)S(=O)(=O)c1ccc2c(c1)OCCO2. The van der Waals surface area contributed by atoms with Gasteiger partial charge in [-0.1, -0.05) is 49.0 Å². The average molecular weight is 679 g/mol. The maximum Gasteiger partial charge on any atom is 0.264 e. The van der Waals surface area contributed by atoms with Gasteiger partial charge in [-0.3, -0.25) is 13.9 Å². The summed E-state index contributed by atoms with van der Waals surface area (Å²) in [5.74, 6) is -0.955. The lowest BCUT2D eigenvalue weighted by Crippen LogP contribution is -2.53. The zero-order valence-electron chi connectivity index (χ0n) is 24.7. The number of nitrogens with one attached hydrogen (secondary N) is 1. The minimum atomic E-state index is -4.41. The van der Waals surface area contributed by atoms with Gasteiger partial charge in [-0.15, -0.1) is 0 Å². The van der Waals surface area contributed by atoms with Gasteiger partial charge in [0.25, 0.3) is 10.0 Å². The Balaban J connectivity index is 1.53. The highest BCUT2D eigenvalue weighted by Crippen LogP contribution is 2.35. The molecule has 13 heteroatoms. The molecule has 1 heterocycles. The van der Waals surface area contributed by atoms with Gasteiger partial charge in [0, 0.05) is 34.3 Å². The van der Waals surface area contributed by atoms with Gasteiger partial charge in [-0.05, 0) is 67.8 Å². The van der Waals surface area contributed by atoms with Crippen LogP contribution in [0.4, 0.5) is 10.1 Å². The largest absolute Gasteiger partial charge is 0.486 e. The van der Waals surface area contributed by atoms with Gasteiger partial charge in [0.15, 0.2) is 11.5 Å². The molecule has 0 bridgehead atoms. The molecule has 45 heavy (non-hydrogen) atoms. The number of hydrogen-bond acceptors (Lipinski definition) is 6. The normalized spacial score (nSPS) is 15.4. The van der Waals surface area contributed by atoms with E-state index < -0.39 is 34.3 Å². The van der Waals surface area contributed by atoms with Gasteiger partial charge in [0.2, 0.25) is 11.8 Å². The summed E-state index contributed by atoms with van der Waals surface area (Å²) in [6, 6.07) is 12.9. The molecule has 0 spiro atoms. The molecule has 0 saturated heterocycles. The number of rotatable bonds is 11. The lowest BCUT2D eigenvalue weighted by atomic mass is 10.1. The number of nitrogens with zero attached hydrogens (tertiary/aromatic N) is 2. The molecule has 9 nitrogen and oxygen atoms in total. The van der Waals surface area contributed by atoms with Crippen LogP contribution in [0.3, 0.4) is 0 Å². The van der Waals surface area contributed by atoms with Crippen LogP contribution in [0.2, 0.25) is 10.0 Å². The number of hydrogen-bond donors (Lipinski definition) is 1. The number of amides is 2. The van der Waals surface area contributed by atoms with Crippen molar-refractivity contribution in [3.8, 4) is 11.5 Å². The molecule has 1 aliphatic heterocycles. The first-order chi connectivity index (χ1) is 21.6. The number of halogens is 3. The first-order valence-electron chi connectivity index (χ1n) is 14.8. The smallest absolute Gasteiger partial charge is 0.264 e. The van der Waals surface area contributed by atoms with Crippen molar-refractivity contribution in [3.63, 3.8) is 0 Å². The number of carbonyl (C=O) groups excluding carboxylic acids is 2. The van der Waals surface area contributed by atoms with Crippen molar-refractivity contribution in [1.82, 2.24) is 10.2 Å². The number of sulfonamides is 1. The summed E-state index contributed by atoms with van der Waals surface area (Å²) in [6.07, 6.45) is 3.95. The summed E-state index contributed by atoms with van der Waals surface area (Å²) in [6.45, 7) is 1.51. The number of anilines is 1. The molecule has 240 valence electrons. The van der Waals surface area contributed by atoms with Crippen molar-refractivity contribution in [1.29, 1.82) is 0 Å². The van der Waals surface area contributed by atoms with Crippen LogP contribution in [-0.4, -0.2) is 57.0 Å². The molecule has 1 fully saturated rings. The fourth-order valence-corrected chi connectivity index (χ4v) is 7.54. The minimum Gasteiger partial charge on any atom is -0.486 e. The van der Waals surface area contributed by atoms with Gasteiger partial charge >= 0.3 is 0 Å². The van der Waals surface area contributed by atoms with E-state index in [1.807, 2.05) is 0 Å². The van der Waals surface area contributed by atoms with Gasteiger partial charge in [0.05, 0.1) is 10.6 Å². The zero-order chi connectivity index (χ0) is 32.1. The summed E-state index contributed by atoms with van der Waals surface area (Å²) in [4.78, 5) is 29.1. The molecular weight excluding hydrogens is 644 g/mol. The number of fused-ring (bicyclic) bond motifs is 1. The Labute approximate surface area is 272 Å². The molecule has 5 rings (SSSR count). The van der Waals surface area contributed by atoms with E-state index in [0.717, 1.165) is 42.1 Å². The first kappa shape index (κ1) is 32.8. The van der Waals surface area contributed by atoms with Crippen LogP contribution < -0.4 is 19.1 Å². The van der Waals surface area contributed by atoms with E-state index in [0.29, 0.717) is 28.0 Å². The highest BCUT2D eigenvalue weighted by Gasteiger charge is 2.35. The summed E-state index contributed by atoms with van der Waals surface area (Å²) >= 11 is 13.0. The standard InChI is InChI=1S/C32H34Cl2FN3O6S/c1-2-28(32(40)36-22-6-3-4-7-22)37(19-25-26(33)8-5-9-27(25)34)31(39)20-38(23-12-10-21(35)11-13-23)45(41,42)24-14-15-29-30(18-24)44-17-16-43-29/h5,8-15,18,22,28H,2-4,6-7,16-17,19-20H2,1H3,(H,36,40). The van der Waals surface area contributed by atoms with E-state index in [1.54, 1.807) is 25.1 Å². The lowest BCUT2D eigenvalue weighted by molar-refractivity contribution is -0.140. The molecule has 1 atom stereocenters. The van der Waals surface area contributed by atoms with E-state index >= 15 is 0 Å². The average Bonchev–Trinajstić information content (AvgIpc) is 3.54. The Kier molecular flexibility index (Phi) is 10.4. The Morgan fingerprint density at radius 3 is 2.27 bits per heavy atom. The van der Waals surface area contributed by atoms with Crippen molar-refractivity contribution in [3.05, 3.63) is 82.1 Å². The van der Waals surface area contributed by atoms with Crippen molar-refractivity contribution in [2.24, 2.45) is 0 Å². The summed E-state index contributed by atoms with van der Waals surface area (Å²) < 4.78 is 54.3. The van der Waals surface area contributed by atoms with Gasteiger partial charge in [-0.2, -0.15) is 0 Å². The van der Waals surface area contributed by atoms with Crippen molar-refractivity contribution in [2.45, 2.75) is 62.6 Å². The maximum absolute atomic E-state index is 14.3.